The van der Waals surface area contributed by atoms with Gasteiger partial charge in [-0.25, -0.2) is 4.99 Å². The third-order valence-corrected chi connectivity index (χ3v) is 3.44. The van der Waals surface area contributed by atoms with Crippen molar-refractivity contribution in [1.29, 1.82) is 0 Å². The molecule has 1 amide bonds. The lowest BCUT2D eigenvalue weighted by Gasteiger charge is -2.00. The van der Waals surface area contributed by atoms with E-state index in [4.69, 9.17) is 23.2 Å². The van der Waals surface area contributed by atoms with Gasteiger partial charge < -0.3 is 5.32 Å². The van der Waals surface area contributed by atoms with Gasteiger partial charge in [0.1, 0.15) is 5.71 Å². The number of hydrogen-bond donors (Lipinski definition) is 1. The molecule has 0 saturated heterocycles. The first-order valence-electron chi connectivity index (χ1n) is 5.60. The lowest BCUT2D eigenvalue weighted by molar-refractivity contribution is -0.110. The average molecular weight is 291 g/mol. The van der Waals surface area contributed by atoms with Crippen molar-refractivity contribution < 1.29 is 4.79 Å². The van der Waals surface area contributed by atoms with Crippen molar-refractivity contribution in [2.24, 2.45) is 4.99 Å². The Morgan fingerprint density at radius 1 is 0.947 bits per heavy atom. The summed E-state index contributed by atoms with van der Waals surface area (Å²) in [7, 11) is 0. The number of benzene rings is 2. The largest absolute Gasteiger partial charge is 0.319 e. The number of hydrogen-bond acceptors (Lipinski definition) is 2. The molecular weight excluding hydrogens is 283 g/mol. The number of nitrogens with zero attached hydrogens (tertiary/aromatic N) is 1. The summed E-state index contributed by atoms with van der Waals surface area (Å²) in [5, 5.41) is 3.70. The van der Waals surface area contributed by atoms with E-state index in [1.807, 2.05) is 12.1 Å². The van der Waals surface area contributed by atoms with Crippen molar-refractivity contribution in [2.45, 2.75) is 0 Å². The van der Waals surface area contributed by atoms with E-state index in [-0.39, 0.29) is 5.91 Å². The fraction of sp³-hybridized carbons (Fsp3) is 0. The average Bonchev–Trinajstić information content (AvgIpc) is 2.71. The number of fused-ring (bicyclic) bond motifs is 1. The molecule has 0 fully saturated rings. The molecule has 2 aromatic carbocycles. The fourth-order valence-electron chi connectivity index (χ4n) is 1.92. The van der Waals surface area contributed by atoms with Gasteiger partial charge in [-0.3, -0.25) is 4.79 Å². The van der Waals surface area contributed by atoms with E-state index in [2.05, 4.69) is 10.3 Å². The molecule has 3 nitrogen and oxygen atoms in total. The molecule has 0 spiro atoms. The van der Waals surface area contributed by atoms with Gasteiger partial charge in [0.05, 0.1) is 21.4 Å². The minimum absolute atomic E-state index is 0.275. The van der Waals surface area contributed by atoms with E-state index < -0.39 is 0 Å². The molecule has 1 aliphatic rings. The van der Waals surface area contributed by atoms with Crippen LogP contribution in [0.3, 0.4) is 0 Å². The van der Waals surface area contributed by atoms with Gasteiger partial charge in [-0.1, -0.05) is 47.5 Å². The maximum absolute atomic E-state index is 12.0. The summed E-state index contributed by atoms with van der Waals surface area (Å²) in [4.78, 5) is 16.3. The van der Waals surface area contributed by atoms with E-state index in [1.54, 1.807) is 30.3 Å². The van der Waals surface area contributed by atoms with Crippen molar-refractivity contribution in [3.8, 4) is 0 Å². The van der Waals surface area contributed by atoms with Crippen molar-refractivity contribution in [3.05, 3.63) is 58.1 Å². The van der Waals surface area contributed by atoms with Crippen molar-refractivity contribution >= 4 is 46.2 Å². The normalized spacial score (nSPS) is 15.5. The molecule has 0 bridgehead atoms. The molecule has 1 heterocycles. The topological polar surface area (TPSA) is 41.5 Å². The molecule has 19 heavy (non-hydrogen) atoms. The summed E-state index contributed by atoms with van der Waals surface area (Å²) < 4.78 is 0. The van der Waals surface area contributed by atoms with Gasteiger partial charge in [-0.15, -0.1) is 0 Å². The van der Waals surface area contributed by atoms with Gasteiger partial charge in [-0.05, 0) is 18.2 Å². The predicted octanol–water partition coefficient (Wildman–Crippen LogP) is 4.07. The number of rotatable bonds is 1. The van der Waals surface area contributed by atoms with Gasteiger partial charge in [-0.2, -0.15) is 0 Å². The van der Waals surface area contributed by atoms with Crippen LogP contribution in [-0.4, -0.2) is 11.6 Å². The zero-order valence-corrected chi connectivity index (χ0v) is 11.2. The standard InChI is InChI=1S/C14H8Cl2N2O/c15-9-5-1-2-7-11(9)17-13-8-4-3-6-10(16)12(8)18-14(13)19/h1-7H,(H,17,18,19). The van der Waals surface area contributed by atoms with Crippen LogP contribution in [0.15, 0.2) is 47.5 Å². The lowest BCUT2D eigenvalue weighted by atomic mass is 10.1. The zero-order valence-electron chi connectivity index (χ0n) is 9.65. The summed E-state index contributed by atoms with van der Waals surface area (Å²) in [6.45, 7) is 0. The van der Waals surface area contributed by atoms with E-state index >= 15 is 0 Å². The molecule has 3 rings (SSSR count). The Hall–Kier alpha value is -1.84. The Balaban J connectivity index is 2.15. The van der Waals surface area contributed by atoms with E-state index in [0.29, 0.717) is 32.7 Å². The highest BCUT2D eigenvalue weighted by Gasteiger charge is 2.27. The van der Waals surface area contributed by atoms with Crippen LogP contribution >= 0.6 is 23.2 Å². The minimum atomic E-state index is -0.275. The number of anilines is 1. The van der Waals surface area contributed by atoms with E-state index in [1.165, 1.54) is 0 Å². The van der Waals surface area contributed by atoms with E-state index in [9.17, 15) is 4.79 Å². The van der Waals surface area contributed by atoms with Crippen LogP contribution in [0.1, 0.15) is 5.56 Å². The summed E-state index contributed by atoms with van der Waals surface area (Å²) in [6.07, 6.45) is 0. The maximum Gasteiger partial charge on any atom is 0.275 e. The molecular formula is C14H8Cl2N2O. The number of carbonyl (C=O) groups excluding carboxylic acids is 1. The van der Waals surface area contributed by atoms with Crippen molar-refractivity contribution in [1.82, 2.24) is 0 Å². The number of aliphatic imine (C=N–C) groups is 1. The predicted molar refractivity (Wildman–Crippen MR) is 77.7 cm³/mol. The Morgan fingerprint density at radius 3 is 2.47 bits per heavy atom. The highest BCUT2D eigenvalue weighted by molar-refractivity contribution is 6.56. The highest BCUT2D eigenvalue weighted by atomic mass is 35.5. The lowest BCUT2D eigenvalue weighted by Crippen LogP contribution is -2.13. The van der Waals surface area contributed by atoms with Gasteiger partial charge >= 0.3 is 0 Å². The van der Waals surface area contributed by atoms with Crippen LogP contribution < -0.4 is 5.32 Å². The molecule has 1 N–H and O–H groups in total. The molecule has 0 atom stereocenters. The highest BCUT2D eigenvalue weighted by Crippen LogP contribution is 2.33. The van der Waals surface area contributed by atoms with Gasteiger partial charge in [0.15, 0.2) is 0 Å². The van der Waals surface area contributed by atoms with Crippen LogP contribution in [0.25, 0.3) is 0 Å². The van der Waals surface area contributed by atoms with Crippen LogP contribution in [0.2, 0.25) is 10.0 Å². The smallest absolute Gasteiger partial charge is 0.275 e. The minimum Gasteiger partial charge on any atom is -0.319 e. The molecule has 0 aromatic heterocycles. The first kappa shape index (κ1) is 12.2. The van der Waals surface area contributed by atoms with Crippen LogP contribution in [0.4, 0.5) is 11.4 Å². The number of amides is 1. The summed E-state index contributed by atoms with van der Waals surface area (Å²) in [5.41, 5.74) is 2.17. The molecule has 5 heteroatoms. The molecule has 1 aliphatic heterocycles. The quantitative estimate of drug-likeness (QED) is 0.845. The maximum atomic E-state index is 12.0. The first-order chi connectivity index (χ1) is 9.16. The van der Waals surface area contributed by atoms with Crippen molar-refractivity contribution in [3.63, 3.8) is 0 Å². The van der Waals surface area contributed by atoms with Gasteiger partial charge in [0.25, 0.3) is 5.91 Å². The third kappa shape index (κ3) is 2.11. The summed E-state index contributed by atoms with van der Waals surface area (Å²) in [5.74, 6) is -0.275. The summed E-state index contributed by atoms with van der Waals surface area (Å²) >= 11 is 12.1. The SMILES string of the molecule is O=C1Nc2c(Cl)cccc2C1=Nc1ccccc1Cl. The first-order valence-corrected chi connectivity index (χ1v) is 6.36. The molecule has 0 radical (unpaired) electrons. The van der Waals surface area contributed by atoms with E-state index in [0.717, 1.165) is 0 Å². The van der Waals surface area contributed by atoms with Crippen LogP contribution in [-0.2, 0) is 4.79 Å². The molecule has 94 valence electrons. The second-order valence-corrected chi connectivity index (χ2v) is 4.84. The second kappa shape index (κ2) is 4.68. The van der Waals surface area contributed by atoms with Crippen LogP contribution in [0, 0.1) is 0 Å². The third-order valence-electron chi connectivity index (χ3n) is 2.81. The van der Waals surface area contributed by atoms with Gasteiger partial charge in [0.2, 0.25) is 0 Å². The zero-order chi connectivity index (χ0) is 13.4. The summed E-state index contributed by atoms with van der Waals surface area (Å²) in [6, 6.07) is 12.4. The Bertz CT molecular complexity index is 710. The number of halogens is 2. The Morgan fingerprint density at radius 2 is 1.68 bits per heavy atom. The van der Waals surface area contributed by atoms with Crippen molar-refractivity contribution in [2.75, 3.05) is 5.32 Å². The second-order valence-electron chi connectivity index (χ2n) is 4.03. The fourth-order valence-corrected chi connectivity index (χ4v) is 2.32. The number of nitrogens with one attached hydrogen (secondary N) is 1. The number of carbonyl (C=O) groups is 1. The monoisotopic (exact) mass is 290 g/mol. The Labute approximate surface area is 119 Å². The molecule has 0 aliphatic carbocycles. The molecule has 0 saturated carbocycles. The molecule has 0 unspecified atom stereocenters. The molecule has 2 aromatic rings. The van der Waals surface area contributed by atoms with Crippen LogP contribution in [0.5, 0.6) is 0 Å². The van der Waals surface area contributed by atoms with Gasteiger partial charge in [0, 0.05) is 5.56 Å². The Kier molecular flexibility index (Phi) is 3.01. The number of para-hydroxylation sites is 2.